The van der Waals surface area contributed by atoms with Crippen LogP contribution in [0.3, 0.4) is 0 Å². The number of ether oxygens (including phenoxy) is 1. The lowest BCUT2D eigenvalue weighted by Gasteiger charge is -2.03. The first-order valence-corrected chi connectivity index (χ1v) is 5.05. The van der Waals surface area contributed by atoms with Gasteiger partial charge in [0.15, 0.2) is 0 Å². The van der Waals surface area contributed by atoms with Gasteiger partial charge in [0, 0.05) is 0 Å². The summed E-state index contributed by atoms with van der Waals surface area (Å²) in [7, 11) is 1.21. The molecule has 0 aliphatic heterocycles. The van der Waals surface area contributed by atoms with E-state index in [9.17, 15) is 9.18 Å². The number of aliphatic hydroxyl groups is 1. The van der Waals surface area contributed by atoms with Crippen LogP contribution in [0.1, 0.15) is 16.2 Å². The quantitative estimate of drug-likeness (QED) is 0.812. The molecule has 2 aromatic rings. The van der Waals surface area contributed by atoms with E-state index in [0.29, 0.717) is 5.56 Å². The first-order chi connectivity index (χ1) is 8.65. The first kappa shape index (κ1) is 12.2. The van der Waals surface area contributed by atoms with Crippen molar-refractivity contribution in [2.75, 3.05) is 7.11 Å². The normalized spacial score (nSPS) is 10.4. The van der Waals surface area contributed by atoms with E-state index in [1.54, 1.807) is 6.07 Å². The van der Waals surface area contributed by atoms with E-state index in [0.717, 1.165) is 4.68 Å². The largest absolute Gasteiger partial charge is 0.463 e. The number of halogens is 1. The Morgan fingerprint density at radius 1 is 1.56 bits per heavy atom. The fourth-order valence-electron chi connectivity index (χ4n) is 1.40. The van der Waals surface area contributed by atoms with Gasteiger partial charge >= 0.3 is 5.97 Å². The topological polar surface area (TPSA) is 77.2 Å². The Hall–Kier alpha value is -2.28. The van der Waals surface area contributed by atoms with Crippen LogP contribution in [-0.2, 0) is 11.3 Å². The molecule has 0 bridgehead atoms. The van der Waals surface area contributed by atoms with E-state index in [2.05, 4.69) is 14.8 Å². The first-order valence-electron chi connectivity index (χ1n) is 5.05. The summed E-state index contributed by atoms with van der Waals surface area (Å²) in [5.74, 6) is -1.41. The smallest absolute Gasteiger partial charge is 0.377 e. The van der Waals surface area contributed by atoms with Gasteiger partial charge in [-0.15, -0.1) is 5.10 Å². The van der Waals surface area contributed by atoms with Crippen molar-refractivity contribution in [2.24, 2.45) is 0 Å². The van der Waals surface area contributed by atoms with Crippen LogP contribution in [0.5, 0.6) is 0 Å². The summed E-state index contributed by atoms with van der Waals surface area (Å²) in [4.78, 5) is 14.9. The van der Waals surface area contributed by atoms with Gasteiger partial charge < -0.3 is 9.84 Å². The molecule has 0 fully saturated rings. The SMILES string of the molecule is COC(=O)c1ncn(-c2ccc(CO)cc2F)n1. The molecule has 0 radical (unpaired) electrons. The molecule has 1 aromatic heterocycles. The van der Waals surface area contributed by atoms with Crippen LogP contribution in [0.4, 0.5) is 4.39 Å². The molecule has 94 valence electrons. The Labute approximate surface area is 102 Å². The zero-order valence-corrected chi connectivity index (χ0v) is 9.50. The number of hydrogen-bond acceptors (Lipinski definition) is 5. The molecule has 0 aliphatic rings. The molecule has 18 heavy (non-hydrogen) atoms. The van der Waals surface area contributed by atoms with Crippen LogP contribution in [0.2, 0.25) is 0 Å². The molecule has 6 nitrogen and oxygen atoms in total. The molecule has 0 atom stereocenters. The second-order valence-corrected chi connectivity index (χ2v) is 3.45. The van der Waals surface area contributed by atoms with Crippen molar-refractivity contribution in [1.82, 2.24) is 14.8 Å². The lowest BCUT2D eigenvalue weighted by atomic mass is 10.2. The van der Waals surface area contributed by atoms with Gasteiger partial charge in [-0.3, -0.25) is 0 Å². The third-order valence-corrected chi connectivity index (χ3v) is 2.30. The number of aromatic nitrogens is 3. The maximum atomic E-state index is 13.7. The van der Waals surface area contributed by atoms with Crippen LogP contribution < -0.4 is 0 Å². The highest BCUT2D eigenvalue weighted by molar-refractivity contribution is 5.84. The zero-order valence-electron chi connectivity index (χ0n) is 9.50. The third kappa shape index (κ3) is 2.21. The molecule has 0 unspecified atom stereocenters. The summed E-state index contributed by atoms with van der Waals surface area (Å²) >= 11 is 0. The number of rotatable bonds is 3. The zero-order chi connectivity index (χ0) is 13.1. The number of aliphatic hydroxyl groups excluding tert-OH is 1. The Bertz CT molecular complexity index is 583. The van der Waals surface area contributed by atoms with Crippen LogP contribution in [-0.4, -0.2) is 33.0 Å². The van der Waals surface area contributed by atoms with Crippen LogP contribution >= 0.6 is 0 Å². The van der Waals surface area contributed by atoms with E-state index in [1.165, 1.54) is 25.6 Å². The molecule has 1 N–H and O–H groups in total. The minimum Gasteiger partial charge on any atom is -0.463 e. The average Bonchev–Trinajstić information content (AvgIpc) is 2.87. The molecule has 7 heteroatoms. The van der Waals surface area contributed by atoms with E-state index >= 15 is 0 Å². The van der Waals surface area contributed by atoms with Gasteiger partial charge in [-0.1, -0.05) is 6.07 Å². The van der Waals surface area contributed by atoms with E-state index in [4.69, 9.17) is 5.11 Å². The molecule has 0 amide bonds. The maximum Gasteiger partial charge on any atom is 0.377 e. The van der Waals surface area contributed by atoms with Crippen molar-refractivity contribution in [2.45, 2.75) is 6.61 Å². The number of benzene rings is 1. The number of nitrogens with zero attached hydrogens (tertiary/aromatic N) is 3. The number of hydrogen-bond donors (Lipinski definition) is 1. The van der Waals surface area contributed by atoms with Gasteiger partial charge in [0.2, 0.25) is 0 Å². The van der Waals surface area contributed by atoms with E-state index in [1.807, 2.05) is 0 Å². The van der Waals surface area contributed by atoms with Gasteiger partial charge in [-0.25, -0.2) is 18.9 Å². The van der Waals surface area contributed by atoms with Gasteiger partial charge in [0.25, 0.3) is 5.82 Å². The molecule has 1 heterocycles. The second kappa shape index (κ2) is 4.92. The van der Waals surface area contributed by atoms with Crippen LogP contribution in [0, 0.1) is 5.82 Å². The van der Waals surface area contributed by atoms with Crippen molar-refractivity contribution in [3.05, 3.63) is 41.7 Å². The van der Waals surface area contributed by atoms with Gasteiger partial charge in [0.05, 0.1) is 13.7 Å². The standard InChI is InChI=1S/C11H10FN3O3/c1-18-11(17)10-13-6-15(14-10)9-3-2-7(5-16)4-8(9)12/h2-4,6,16H,5H2,1H3. The van der Waals surface area contributed by atoms with Crippen molar-refractivity contribution in [3.63, 3.8) is 0 Å². The minimum atomic E-state index is -0.693. The number of methoxy groups -OCH3 is 1. The third-order valence-electron chi connectivity index (χ3n) is 2.30. The van der Waals surface area contributed by atoms with Crippen LogP contribution in [0.25, 0.3) is 5.69 Å². The molecular weight excluding hydrogens is 241 g/mol. The van der Waals surface area contributed by atoms with E-state index in [-0.39, 0.29) is 18.1 Å². The maximum absolute atomic E-state index is 13.7. The van der Waals surface area contributed by atoms with Gasteiger partial charge in [-0.05, 0) is 17.7 Å². The van der Waals surface area contributed by atoms with Crippen molar-refractivity contribution in [1.29, 1.82) is 0 Å². The molecule has 2 rings (SSSR count). The summed E-state index contributed by atoms with van der Waals surface area (Å²) in [6.07, 6.45) is 1.21. The molecular formula is C11H10FN3O3. The lowest BCUT2D eigenvalue weighted by molar-refractivity contribution is 0.0587. The monoisotopic (exact) mass is 251 g/mol. The van der Waals surface area contributed by atoms with Crippen molar-refractivity contribution < 1.29 is 19.0 Å². The highest BCUT2D eigenvalue weighted by Gasteiger charge is 2.13. The summed E-state index contributed by atoms with van der Waals surface area (Å²) < 4.78 is 19.3. The Morgan fingerprint density at radius 3 is 2.94 bits per heavy atom. The van der Waals surface area contributed by atoms with Gasteiger partial charge in [0.1, 0.15) is 17.8 Å². The predicted octanol–water partition coefficient (Wildman–Crippen LogP) is 0.685. The highest BCUT2D eigenvalue weighted by atomic mass is 19.1. The molecule has 0 aliphatic carbocycles. The summed E-state index contributed by atoms with van der Waals surface area (Å²) in [6.45, 7) is -0.248. The Kier molecular flexibility index (Phi) is 3.33. The predicted molar refractivity (Wildman–Crippen MR) is 58.6 cm³/mol. The second-order valence-electron chi connectivity index (χ2n) is 3.45. The number of carbonyl (C=O) groups excluding carboxylic acids is 1. The van der Waals surface area contributed by atoms with Crippen molar-refractivity contribution in [3.8, 4) is 5.69 Å². The minimum absolute atomic E-state index is 0.134. The van der Waals surface area contributed by atoms with Crippen LogP contribution in [0.15, 0.2) is 24.5 Å². The van der Waals surface area contributed by atoms with E-state index < -0.39 is 11.8 Å². The summed E-state index contributed by atoms with van der Waals surface area (Å²) in [6, 6.07) is 4.18. The lowest BCUT2D eigenvalue weighted by Crippen LogP contribution is -2.06. The number of carbonyl (C=O) groups is 1. The summed E-state index contributed by atoms with van der Waals surface area (Å²) in [5.41, 5.74) is 0.583. The van der Waals surface area contributed by atoms with Crippen molar-refractivity contribution >= 4 is 5.97 Å². The molecule has 0 saturated carbocycles. The fraction of sp³-hybridized carbons (Fsp3) is 0.182. The fourth-order valence-corrected chi connectivity index (χ4v) is 1.40. The molecule has 0 saturated heterocycles. The number of esters is 1. The molecule has 1 aromatic carbocycles. The Balaban J connectivity index is 2.37. The highest BCUT2D eigenvalue weighted by Crippen LogP contribution is 2.14. The molecule has 0 spiro atoms. The Morgan fingerprint density at radius 2 is 2.33 bits per heavy atom. The average molecular weight is 251 g/mol. The summed E-state index contributed by atoms with van der Waals surface area (Å²) in [5, 5.41) is 12.7. The van der Waals surface area contributed by atoms with Gasteiger partial charge in [-0.2, -0.15) is 0 Å².